The fraction of sp³-hybridized carbons (Fsp3) is 0.417. The minimum atomic E-state index is -0.913. The number of nitrogens with zero attached hydrogens (tertiary/aromatic N) is 1. The molecule has 0 unspecified atom stereocenters. The van der Waals surface area contributed by atoms with Crippen molar-refractivity contribution in [3.8, 4) is 0 Å². The first-order chi connectivity index (χ1) is 8.20. The van der Waals surface area contributed by atoms with Crippen LogP contribution >= 0.6 is 0 Å². The van der Waals surface area contributed by atoms with E-state index in [0.29, 0.717) is 13.1 Å². The molecule has 1 aliphatic heterocycles. The number of hydrogen-bond acceptors (Lipinski definition) is 5. The standard InChI is InChI=1S/C12H15NO4/c1-16-12(15)11-10(14)8-13(17-11)7-9-5-3-2-4-6-9/h2-6,10-11,14H,7-8H2,1H3/t10-,11-/m0/s1. The van der Waals surface area contributed by atoms with Gasteiger partial charge in [-0.2, -0.15) is 5.06 Å². The van der Waals surface area contributed by atoms with Crippen LogP contribution in [0.3, 0.4) is 0 Å². The zero-order valence-electron chi connectivity index (χ0n) is 9.57. The molecule has 1 aliphatic rings. The average molecular weight is 237 g/mol. The maximum Gasteiger partial charge on any atom is 0.339 e. The molecular formula is C12H15NO4. The van der Waals surface area contributed by atoms with Crippen LogP contribution in [-0.4, -0.2) is 42.0 Å². The third kappa shape index (κ3) is 2.82. The number of aliphatic hydroxyl groups excluding tert-OH is 1. The quantitative estimate of drug-likeness (QED) is 0.768. The van der Waals surface area contributed by atoms with E-state index < -0.39 is 18.2 Å². The van der Waals surface area contributed by atoms with Gasteiger partial charge in [0.2, 0.25) is 6.10 Å². The Morgan fingerprint density at radius 2 is 2.24 bits per heavy atom. The van der Waals surface area contributed by atoms with E-state index in [9.17, 15) is 9.90 Å². The van der Waals surface area contributed by atoms with Crippen LogP contribution in [0.4, 0.5) is 0 Å². The number of methoxy groups -OCH3 is 1. The van der Waals surface area contributed by atoms with Gasteiger partial charge in [0.15, 0.2) is 0 Å². The first-order valence-electron chi connectivity index (χ1n) is 5.42. The highest BCUT2D eigenvalue weighted by Crippen LogP contribution is 2.18. The van der Waals surface area contributed by atoms with Gasteiger partial charge in [-0.15, -0.1) is 0 Å². The molecule has 0 saturated carbocycles. The van der Waals surface area contributed by atoms with Crippen molar-refractivity contribution < 1.29 is 19.5 Å². The summed E-state index contributed by atoms with van der Waals surface area (Å²) >= 11 is 0. The second-order valence-electron chi connectivity index (χ2n) is 3.92. The third-order valence-electron chi connectivity index (χ3n) is 2.64. The van der Waals surface area contributed by atoms with Crippen LogP contribution in [0.15, 0.2) is 30.3 Å². The number of esters is 1. The third-order valence-corrected chi connectivity index (χ3v) is 2.64. The molecule has 0 spiro atoms. The number of hydrogen-bond donors (Lipinski definition) is 1. The Morgan fingerprint density at radius 1 is 1.53 bits per heavy atom. The molecule has 0 radical (unpaired) electrons. The Kier molecular flexibility index (Phi) is 3.73. The lowest BCUT2D eigenvalue weighted by molar-refractivity contribution is -0.186. The highest BCUT2D eigenvalue weighted by atomic mass is 16.7. The highest BCUT2D eigenvalue weighted by molar-refractivity contribution is 5.75. The van der Waals surface area contributed by atoms with E-state index in [1.807, 2.05) is 30.3 Å². The van der Waals surface area contributed by atoms with E-state index in [-0.39, 0.29) is 0 Å². The summed E-state index contributed by atoms with van der Waals surface area (Å²) in [6.07, 6.45) is -1.75. The number of rotatable bonds is 3. The van der Waals surface area contributed by atoms with Gasteiger partial charge in [-0.05, 0) is 5.56 Å². The van der Waals surface area contributed by atoms with E-state index in [4.69, 9.17) is 4.84 Å². The molecule has 5 nitrogen and oxygen atoms in total. The smallest absolute Gasteiger partial charge is 0.339 e. The minimum Gasteiger partial charge on any atom is -0.467 e. The Labute approximate surface area is 99.5 Å². The van der Waals surface area contributed by atoms with E-state index in [0.717, 1.165) is 5.56 Å². The summed E-state index contributed by atoms with van der Waals surface area (Å²) in [6, 6.07) is 9.71. The average Bonchev–Trinajstić information content (AvgIpc) is 2.70. The molecule has 1 aromatic rings. The van der Waals surface area contributed by atoms with Gasteiger partial charge in [-0.25, -0.2) is 4.79 Å². The number of benzene rings is 1. The lowest BCUT2D eigenvalue weighted by Gasteiger charge is -2.14. The molecule has 1 N–H and O–H groups in total. The van der Waals surface area contributed by atoms with Crippen molar-refractivity contribution >= 4 is 5.97 Å². The molecule has 1 fully saturated rings. The zero-order chi connectivity index (χ0) is 12.3. The van der Waals surface area contributed by atoms with Crippen molar-refractivity contribution in [3.63, 3.8) is 0 Å². The van der Waals surface area contributed by atoms with Gasteiger partial charge in [0.05, 0.1) is 13.7 Å². The van der Waals surface area contributed by atoms with Gasteiger partial charge in [0.1, 0.15) is 6.10 Å². The number of carbonyl (C=O) groups excluding carboxylic acids is 1. The van der Waals surface area contributed by atoms with Gasteiger partial charge in [-0.3, -0.25) is 4.84 Å². The Hall–Kier alpha value is -1.43. The molecule has 2 rings (SSSR count). The summed E-state index contributed by atoms with van der Waals surface area (Å²) in [4.78, 5) is 16.6. The molecular weight excluding hydrogens is 222 g/mol. The van der Waals surface area contributed by atoms with Crippen molar-refractivity contribution in [1.82, 2.24) is 5.06 Å². The molecule has 1 aromatic carbocycles. The summed E-state index contributed by atoms with van der Waals surface area (Å²) in [5, 5.41) is 11.2. The van der Waals surface area contributed by atoms with E-state index in [1.54, 1.807) is 5.06 Å². The summed E-state index contributed by atoms with van der Waals surface area (Å²) in [5.41, 5.74) is 1.06. The first kappa shape index (κ1) is 12.0. The molecule has 0 amide bonds. The van der Waals surface area contributed by atoms with Crippen LogP contribution < -0.4 is 0 Å². The second-order valence-corrected chi connectivity index (χ2v) is 3.92. The maximum atomic E-state index is 11.3. The van der Waals surface area contributed by atoms with Crippen LogP contribution in [0.25, 0.3) is 0 Å². The number of aliphatic hydroxyl groups is 1. The van der Waals surface area contributed by atoms with Gasteiger partial charge < -0.3 is 9.84 Å². The summed E-state index contributed by atoms with van der Waals surface area (Å²) in [7, 11) is 1.28. The van der Waals surface area contributed by atoms with Crippen molar-refractivity contribution in [2.45, 2.75) is 18.8 Å². The van der Waals surface area contributed by atoms with Crippen LogP contribution in [-0.2, 0) is 20.9 Å². The van der Waals surface area contributed by atoms with Gasteiger partial charge in [0, 0.05) is 6.54 Å². The summed E-state index contributed by atoms with van der Waals surface area (Å²) in [6.45, 7) is 0.833. The molecule has 17 heavy (non-hydrogen) atoms. The van der Waals surface area contributed by atoms with E-state index in [1.165, 1.54) is 7.11 Å². The van der Waals surface area contributed by atoms with Crippen LogP contribution in [0.1, 0.15) is 5.56 Å². The summed E-state index contributed by atoms with van der Waals surface area (Å²) < 4.78 is 4.55. The fourth-order valence-corrected chi connectivity index (χ4v) is 1.78. The molecule has 1 saturated heterocycles. The molecule has 5 heteroatoms. The van der Waals surface area contributed by atoms with Crippen LogP contribution in [0.5, 0.6) is 0 Å². The maximum absolute atomic E-state index is 11.3. The topological polar surface area (TPSA) is 59.0 Å². The predicted molar refractivity (Wildman–Crippen MR) is 59.7 cm³/mol. The number of carbonyl (C=O) groups is 1. The van der Waals surface area contributed by atoms with Crippen LogP contribution in [0, 0.1) is 0 Å². The minimum absolute atomic E-state index is 0.300. The number of hydroxylamine groups is 2. The lowest BCUT2D eigenvalue weighted by Crippen LogP contribution is -2.32. The molecule has 2 atom stereocenters. The van der Waals surface area contributed by atoms with Crippen molar-refractivity contribution in [2.24, 2.45) is 0 Å². The molecule has 0 aliphatic carbocycles. The number of β-amino-alcohol motifs (C(OH)–C–C–N with tert-alkyl or cyclic N) is 1. The normalized spacial score (nSPS) is 24.8. The molecule has 92 valence electrons. The predicted octanol–water partition coefficient (Wildman–Crippen LogP) is 0.336. The van der Waals surface area contributed by atoms with E-state index >= 15 is 0 Å². The largest absolute Gasteiger partial charge is 0.467 e. The zero-order valence-corrected chi connectivity index (χ0v) is 9.57. The van der Waals surface area contributed by atoms with Crippen molar-refractivity contribution in [3.05, 3.63) is 35.9 Å². The highest BCUT2D eigenvalue weighted by Gasteiger charge is 2.38. The Bertz CT molecular complexity index is 381. The summed E-state index contributed by atoms with van der Waals surface area (Å²) in [5.74, 6) is -0.548. The number of ether oxygens (including phenoxy) is 1. The molecule has 0 aromatic heterocycles. The Balaban J connectivity index is 1.95. The lowest BCUT2D eigenvalue weighted by atomic mass is 10.2. The monoisotopic (exact) mass is 237 g/mol. The molecule has 0 bridgehead atoms. The second kappa shape index (κ2) is 5.27. The van der Waals surface area contributed by atoms with Crippen molar-refractivity contribution in [2.75, 3.05) is 13.7 Å². The van der Waals surface area contributed by atoms with Gasteiger partial charge in [0.25, 0.3) is 0 Å². The molecule has 1 heterocycles. The van der Waals surface area contributed by atoms with Crippen molar-refractivity contribution in [1.29, 1.82) is 0 Å². The fourth-order valence-electron chi connectivity index (χ4n) is 1.78. The van der Waals surface area contributed by atoms with Gasteiger partial charge >= 0.3 is 5.97 Å². The van der Waals surface area contributed by atoms with Crippen LogP contribution in [0.2, 0.25) is 0 Å². The van der Waals surface area contributed by atoms with Gasteiger partial charge in [-0.1, -0.05) is 30.3 Å². The Morgan fingerprint density at radius 3 is 2.88 bits per heavy atom. The van der Waals surface area contributed by atoms with E-state index in [2.05, 4.69) is 4.74 Å². The SMILES string of the molecule is COC(=O)[C@H]1ON(Cc2ccccc2)C[C@@H]1O. The first-order valence-corrected chi connectivity index (χ1v) is 5.42.